The highest BCUT2D eigenvalue weighted by molar-refractivity contribution is 7.99. The van der Waals surface area contributed by atoms with E-state index in [9.17, 15) is 69.0 Å². The van der Waals surface area contributed by atoms with Gasteiger partial charge in [0.1, 0.15) is 36.8 Å². The molecule has 14 N–H and O–H groups in total. The van der Waals surface area contributed by atoms with Crippen molar-refractivity contribution in [2.24, 2.45) is 5.73 Å². The van der Waals surface area contributed by atoms with E-state index in [0.717, 1.165) is 36.5 Å². The molecule has 2 unspecified atom stereocenters. The molecule has 2 fully saturated rings. The molecule has 6 amide bonds. The summed E-state index contributed by atoms with van der Waals surface area (Å²) < 4.78 is 68.0. The van der Waals surface area contributed by atoms with Gasteiger partial charge in [0, 0.05) is 87.6 Å². The molecule has 0 radical (unpaired) electrons. The Morgan fingerprint density at radius 1 is 0.461 bits per heavy atom. The Morgan fingerprint density at radius 3 is 1.22 bits per heavy atom. The Kier molecular flexibility index (Phi) is 41.1. The average Bonchev–Trinajstić information content (AvgIpc) is 0.767. The topological polar surface area (TPSA) is 467 Å². The molecule has 2 aliphatic rings. The summed E-state index contributed by atoms with van der Waals surface area (Å²) in [5.74, 6) is -8.28. The Hall–Kier alpha value is -8.28. The van der Waals surface area contributed by atoms with Gasteiger partial charge in [0.2, 0.25) is 11.8 Å². The molecule has 5 aromatic rings. The number of hydrogen-bond donors (Lipinski definition) is 13. The van der Waals surface area contributed by atoms with Gasteiger partial charge in [-0.05, 0) is 89.1 Å². The molecule has 0 saturated carbocycles. The quantitative estimate of drug-likeness (QED) is 0.0194. The van der Waals surface area contributed by atoms with Gasteiger partial charge in [-0.1, -0.05) is 84.9 Å². The Morgan fingerprint density at radius 2 is 0.826 bits per heavy atom. The van der Waals surface area contributed by atoms with Gasteiger partial charge < -0.3 is 125 Å². The van der Waals surface area contributed by atoms with E-state index in [4.69, 9.17) is 62.6 Å². The van der Waals surface area contributed by atoms with E-state index in [2.05, 4.69) is 31.9 Å². The van der Waals surface area contributed by atoms with Crippen LogP contribution in [0.2, 0.25) is 0 Å². The zero-order valence-electron chi connectivity index (χ0n) is 65.0. The number of aliphatic hydroxyl groups is 6. The number of thioether (sulfide) groups is 2. The lowest BCUT2D eigenvalue weighted by Gasteiger charge is -2.47. The van der Waals surface area contributed by atoms with Crippen LogP contribution in [0, 0.1) is 0 Å². The third-order valence-corrected chi connectivity index (χ3v) is 20.3. The highest BCUT2D eigenvalue weighted by Gasteiger charge is 2.58. The third-order valence-electron chi connectivity index (χ3n) is 18.1. The zero-order chi connectivity index (χ0) is 83.0. The molecule has 2 heterocycles. The van der Waals surface area contributed by atoms with Crippen molar-refractivity contribution in [3.05, 3.63) is 150 Å². The number of hydrogen-bond acceptors (Lipinski definition) is 29. The molecule has 115 heavy (non-hydrogen) atoms. The minimum Gasteiger partial charge on any atom is -0.490 e. The van der Waals surface area contributed by atoms with E-state index >= 15 is 0 Å². The van der Waals surface area contributed by atoms with Crippen molar-refractivity contribution in [1.82, 2.24) is 31.9 Å². The molecule has 33 nitrogen and oxygen atoms in total. The van der Waals surface area contributed by atoms with Crippen molar-refractivity contribution in [3.63, 3.8) is 0 Å². The molecule has 35 heteroatoms. The van der Waals surface area contributed by atoms with E-state index in [1.165, 1.54) is 55.6 Å². The van der Waals surface area contributed by atoms with Gasteiger partial charge >= 0.3 is 11.9 Å². The first kappa shape index (κ1) is 93.9. The molecule has 0 aliphatic carbocycles. The summed E-state index contributed by atoms with van der Waals surface area (Å²) in [7, 11) is 2.15. The van der Waals surface area contributed by atoms with E-state index in [0.29, 0.717) is 88.6 Å². The lowest BCUT2D eigenvalue weighted by molar-refractivity contribution is -0.311. The van der Waals surface area contributed by atoms with Crippen LogP contribution >= 0.6 is 23.5 Å². The molecule has 2 saturated heterocycles. The van der Waals surface area contributed by atoms with Gasteiger partial charge in [-0.2, -0.15) is 23.5 Å². The van der Waals surface area contributed by atoms with Crippen molar-refractivity contribution in [1.29, 1.82) is 0 Å². The fourth-order valence-electron chi connectivity index (χ4n) is 12.3. The molecule has 5 aromatic carbocycles. The lowest BCUT2D eigenvalue weighted by Crippen LogP contribution is -2.68. The molecule has 0 bridgehead atoms. The van der Waals surface area contributed by atoms with Crippen LogP contribution in [0.4, 0.5) is 0 Å². The molecule has 0 spiro atoms. The first-order valence-corrected chi connectivity index (χ1v) is 40.2. The first-order chi connectivity index (χ1) is 55.5. The van der Waals surface area contributed by atoms with Crippen LogP contribution < -0.4 is 42.4 Å². The third kappa shape index (κ3) is 30.3. The summed E-state index contributed by atoms with van der Waals surface area (Å²) >= 11 is 2.86. The highest BCUT2D eigenvalue weighted by atomic mass is 32.2. The van der Waals surface area contributed by atoms with Gasteiger partial charge in [-0.25, -0.2) is 9.59 Å². The molecular weight excluding hydrogens is 1540 g/mol. The average molecular weight is 1650 g/mol. The highest BCUT2D eigenvalue weighted by Crippen LogP contribution is 2.37. The number of methoxy groups -OCH3 is 2. The largest absolute Gasteiger partial charge is 0.490 e. The number of aliphatic hydroxyl groups excluding tert-OH is 6. The molecule has 632 valence electrons. The minimum atomic E-state index is -2.30. The normalized spacial score (nSPS) is 20.3. The number of nitrogens with one attached hydrogen (secondary N) is 6. The van der Waals surface area contributed by atoms with Gasteiger partial charge in [0.05, 0.1) is 136 Å². The number of nitrogens with two attached hydrogens (primary N) is 1. The van der Waals surface area contributed by atoms with Gasteiger partial charge in [-0.15, -0.1) is 0 Å². The van der Waals surface area contributed by atoms with Crippen LogP contribution in [0.15, 0.2) is 127 Å². The maximum absolute atomic E-state index is 13.8. The zero-order valence-corrected chi connectivity index (χ0v) is 66.7. The Balaban J connectivity index is 0.876. The fraction of sp³-hybridized carbons (Fsp3) is 0.525. The van der Waals surface area contributed by atoms with Crippen molar-refractivity contribution >= 4 is 70.9 Å². The van der Waals surface area contributed by atoms with Gasteiger partial charge in [-0.3, -0.25) is 28.8 Å². The van der Waals surface area contributed by atoms with E-state index in [-0.39, 0.29) is 80.7 Å². The minimum absolute atomic E-state index is 0.0133. The number of amides is 6. The molecule has 0 aromatic heterocycles. The molecule has 7 rings (SSSR count). The van der Waals surface area contributed by atoms with E-state index < -0.39 is 146 Å². The van der Waals surface area contributed by atoms with Crippen LogP contribution in [-0.2, 0) is 71.3 Å². The number of ether oxygens (including phenoxy) is 12. The van der Waals surface area contributed by atoms with Crippen molar-refractivity contribution in [2.75, 3.05) is 156 Å². The van der Waals surface area contributed by atoms with Crippen LogP contribution in [0.5, 0.6) is 5.75 Å². The maximum atomic E-state index is 13.8. The number of benzene rings is 5. The SMILES string of the molecule is COC(=O)[C@@]1(OCCCSCCNC(=O)c2ccc(C(=O)NCCSCCCO[C@]3(C(=O)OC)C[C@H](O)[C@@H](NC(C)=O)[C@H](C(O)[C@H](O)CNC(=O)c4ccc(-c5ccccc5)cc4)O3)c(OCCOCCOCCOCCOCCOCCN)c2)C[C@H](O)[C@@H](NC(C)=O)[C@H](C(O)[C@H](O)CNC(=O)c2ccc(-c3ccccc3)cc2)O1. The Labute approximate surface area is 676 Å². The number of rotatable bonds is 52. The van der Waals surface area contributed by atoms with Crippen LogP contribution in [0.1, 0.15) is 81.0 Å². The number of carbonyl (C=O) groups is 8. The second-order valence-corrected chi connectivity index (χ2v) is 29.1. The van der Waals surface area contributed by atoms with Crippen molar-refractivity contribution in [3.8, 4) is 28.0 Å². The second kappa shape index (κ2) is 50.4. The van der Waals surface area contributed by atoms with Crippen LogP contribution in [0.3, 0.4) is 0 Å². The monoisotopic (exact) mass is 1650 g/mol. The van der Waals surface area contributed by atoms with Gasteiger partial charge in [0.25, 0.3) is 35.2 Å². The fourth-order valence-corrected chi connectivity index (χ4v) is 13.8. The smallest absolute Gasteiger partial charge is 0.366 e. The Bertz CT molecular complexity index is 3790. The summed E-state index contributed by atoms with van der Waals surface area (Å²) in [6.45, 7) is 5.26. The summed E-state index contributed by atoms with van der Waals surface area (Å²) in [4.78, 5) is 106. The first-order valence-electron chi connectivity index (χ1n) is 37.9. The predicted molar refractivity (Wildman–Crippen MR) is 424 cm³/mol. The molecular formula is C80H109N7O26S2. The summed E-state index contributed by atoms with van der Waals surface area (Å²) in [5.41, 5.74) is 9.90. The second-order valence-electron chi connectivity index (χ2n) is 26.6. The standard InChI is InChI=1S/C80H109N7O26S2/c1-52(88)86-67-62(90)48-79(77(100)102-3,112-71(67)69(94)64(92)50-84-73(96)58-21-17-56(18-22-58)54-13-7-5-8-14-54)110-30-11-43-114-45-28-82-75(98)60-25-26-61(66(47-60)109-42-41-108-40-39-107-38-37-106-36-35-105-34-33-104-32-27-81)76(99)83-29-46-115-44-12-31-111-80(78(101)103-4)49-63(91)68(87-53(2)89)72(113-80)70(95)65(93)51-85-74(97)59-23-19-57(20-24-59)55-15-9-6-10-16-55/h5-10,13-26,47,62-65,67-72,90-95H,11-12,27-46,48-51,81H2,1-4H3,(H,82,98)(H,83,99)(H,84,96)(H,85,97)(H,86,88)(H,87,89)/t62-,63-,64+,65+,67+,68+,69?,70?,71+,72+,79+,80+/m0/s1. The molecule has 12 atom stereocenters. The van der Waals surface area contributed by atoms with Crippen molar-refractivity contribution in [2.45, 2.75) is 112 Å². The van der Waals surface area contributed by atoms with Gasteiger partial charge in [0.15, 0.2) is 0 Å². The predicted octanol–water partition coefficient (Wildman–Crippen LogP) is 1.53. The van der Waals surface area contributed by atoms with E-state index in [1.807, 2.05) is 60.7 Å². The van der Waals surface area contributed by atoms with Crippen molar-refractivity contribution < 1.29 is 126 Å². The van der Waals surface area contributed by atoms with Crippen LogP contribution in [0.25, 0.3) is 22.3 Å². The van der Waals surface area contributed by atoms with Crippen LogP contribution in [-0.4, -0.2) is 306 Å². The summed E-state index contributed by atoms with van der Waals surface area (Å²) in [6, 6.07) is 34.3. The van der Waals surface area contributed by atoms with E-state index in [1.54, 1.807) is 48.5 Å². The maximum Gasteiger partial charge on any atom is 0.366 e. The summed E-state index contributed by atoms with van der Waals surface area (Å²) in [5, 5.41) is 84.3. The molecule has 2 aliphatic heterocycles. The lowest BCUT2D eigenvalue weighted by atomic mass is 9.88. The summed E-state index contributed by atoms with van der Waals surface area (Å²) in [6.07, 6.45) is -14.2. The number of esters is 2. The number of carbonyl (C=O) groups excluding carboxylic acids is 8.